The molecule has 0 bridgehead atoms. The van der Waals surface area contributed by atoms with E-state index in [2.05, 4.69) is 0 Å². The highest BCUT2D eigenvalue weighted by Gasteiger charge is 2.49. The smallest absolute Gasteiger partial charge is 0.311 e. The predicted octanol–water partition coefficient (Wildman–Crippen LogP) is 3.49. The molecule has 1 saturated carbocycles. The van der Waals surface area contributed by atoms with Crippen LogP contribution in [0.3, 0.4) is 0 Å². The lowest BCUT2D eigenvalue weighted by atomic mass is 9.75. The SMILES string of the molecule is CC1(C(=O)O)CCCN(C(=O)C2(c3ccc(F)cc3F)CCCC2)C1. The summed E-state index contributed by atoms with van der Waals surface area (Å²) in [7, 11) is 0. The molecule has 1 atom stereocenters. The zero-order valence-electron chi connectivity index (χ0n) is 14.4. The molecule has 1 amide bonds. The number of benzene rings is 1. The van der Waals surface area contributed by atoms with Gasteiger partial charge in [0.1, 0.15) is 11.6 Å². The molecule has 3 rings (SSSR count). The molecule has 0 spiro atoms. The molecule has 1 aliphatic heterocycles. The van der Waals surface area contributed by atoms with E-state index in [1.165, 1.54) is 12.1 Å². The second kappa shape index (κ2) is 6.39. The summed E-state index contributed by atoms with van der Waals surface area (Å²) in [4.78, 5) is 26.5. The van der Waals surface area contributed by atoms with Crippen molar-refractivity contribution in [1.82, 2.24) is 4.90 Å². The molecular weight excluding hydrogens is 328 g/mol. The Kier molecular flexibility index (Phi) is 4.56. The van der Waals surface area contributed by atoms with Crippen LogP contribution in [0.25, 0.3) is 0 Å². The van der Waals surface area contributed by atoms with Crippen LogP contribution in [-0.2, 0) is 15.0 Å². The first kappa shape index (κ1) is 17.8. The van der Waals surface area contributed by atoms with Gasteiger partial charge in [0.2, 0.25) is 5.91 Å². The maximum Gasteiger partial charge on any atom is 0.311 e. The van der Waals surface area contributed by atoms with Crippen LogP contribution in [0.1, 0.15) is 51.0 Å². The normalized spacial score (nSPS) is 25.8. The van der Waals surface area contributed by atoms with Crippen molar-refractivity contribution in [2.24, 2.45) is 5.41 Å². The minimum absolute atomic E-state index is 0.131. The molecule has 2 fully saturated rings. The standard InChI is InChI=1S/C19H23F2NO3/c1-18(17(24)25)7-4-10-22(12-18)16(23)19(8-2-3-9-19)14-6-5-13(20)11-15(14)21/h5-6,11H,2-4,7-10,12H2,1H3,(H,24,25). The molecule has 1 aromatic carbocycles. The van der Waals surface area contributed by atoms with Crippen molar-refractivity contribution in [2.75, 3.05) is 13.1 Å². The van der Waals surface area contributed by atoms with Gasteiger partial charge in [-0.1, -0.05) is 18.9 Å². The number of likely N-dealkylation sites (tertiary alicyclic amines) is 1. The molecule has 4 nitrogen and oxygen atoms in total. The van der Waals surface area contributed by atoms with E-state index in [1.807, 2.05) is 0 Å². The molecule has 1 saturated heterocycles. The molecule has 25 heavy (non-hydrogen) atoms. The topological polar surface area (TPSA) is 57.6 Å². The zero-order valence-corrected chi connectivity index (χ0v) is 14.4. The predicted molar refractivity (Wildman–Crippen MR) is 88.1 cm³/mol. The van der Waals surface area contributed by atoms with Crippen LogP contribution < -0.4 is 0 Å². The number of carbonyl (C=O) groups excluding carboxylic acids is 1. The van der Waals surface area contributed by atoms with Crippen LogP contribution in [0, 0.1) is 17.0 Å². The van der Waals surface area contributed by atoms with E-state index in [-0.39, 0.29) is 18.0 Å². The van der Waals surface area contributed by atoms with Crippen LogP contribution in [0.2, 0.25) is 0 Å². The highest BCUT2D eigenvalue weighted by molar-refractivity contribution is 5.89. The van der Waals surface area contributed by atoms with Crippen molar-refractivity contribution in [2.45, 2.75) is 50.9 Å². The number of hydrogen-bond donors (Lipinski definition) is 1. The fourth-order valence-electron chi connectivity index (χ4n) is 4.34. The summed E-state index contributed by atoms with van der Waals surface area (Å²) >= 11 is 0. The van der Waals surface area contributed by atoms with Gasteiger partial charge in [0.05, 0.1) is 10.8 Å². The molecular formula is C19H23F2NO3. The van der Waals surface area contributed by atoms with Crippen LogP contribution in [0.4, 0.5) is 8.78 Å². The first-order chi connectivity index (χ1) is 11.8. The molecule has 6 heteroatoms. The molecule has 1 aliphatic carbocycles. The van der Waals surface area contributed by atoms with E-state index in [4.69, 9.17) is 0 Å². The van der Waals surface area contributed by atoms with Gasteiger partial charge in [-0.2, -0.15) is 0 Å². The van der Waals surface area contributed by atoms with E-state index in [0.29, 0.717) is 32.2 Å². The minimum Gasteiger partial charge on any atom is -0.481 e. The molecule has 1 heterocycles. The van der Waals surface area contributed by atoms with Gasteiger partial charge >= 0.3 is 5.97 Å². The van der Waals surface area contributed by atoms with Crippen LogP contribution in [-0.4, -0.2) is 35.0 Å². The third-order valence-corrected chi connectivity index (χ3v) is 5.81. The summed E-state index contributed by atoms with van der Waals surface area (Å²) in [6, 6.07) is 3.37. The van der Waals surface area contributed by atoms with Gasteiger partial charge in [0.25, 0.3) is 0 Å². The summed E-state index contributed by atoms with van der Waals surface area (Å²) in [6.45, 7) is 2.26. The second-order valence-corrected chi connectivity index (χ2v) is 7.61. The van der Waals surface area contributed by atoms with Crippen molar-refractivity contribution >= 4 is 11.9 Å². The van der Waals surface area contributed by atoms with Crippen molar-refractivity contribution in [3.63, 3.8) is 0 Å². The summed E-state index contributed by atoms with van der Waals surface area (Å²) in [5, 5.41) is 9.48. The highest BCUT2D eigenvalue weighted by Crippen LogP contribution is 2.45. The third kappa shape index (κ3) is 3.02. The van der Waals surface area contributed by atoms with Crippen molar-refractivity contribution in [1.29, 1.82) is 0 Å². The maximum atomic E-state index is 14.5. The second-order valence-electron chi connectivity index (χ2n) is 7.61. The number of carbonyl (C=O) groups is 2. The lowest BCUT2D eigenvalue weighted by Crippen LogP contribution is -2.54. The monoisotopic (exact) mass is 351 g/mol. The number of nitrogens with zero attached hydrogens (tertiary/aromatic N) is 1. The van der Waals surface area contributed by atoms with E-state index >= 15 is 0 Å². The van der Waals surface area contributed by atoms with Crippen LogP contribution in [0.15, 0.2) is 18.2 Å². The summed E-state index contributed by atoms with van der Waals surface area (Å²) in [6.07, 6.45) is 3.74. The van der Waals surface area contributed by atoms with Gasteiger partial charge in [-0.15, -0.1) is 0 Å². The van der Waals surface area contributed by atoms with Crippen molar-refractivity contribution in [3.8, 4) is 0 Å². The Morgan fingerprint density at radius 1 is 1.12 bits per heavy atom. The fourth-order valence-corrected chi connectivity index (χ4v) is 4.34. The van der Waals surface area contributed by atoms with Crippen LogP contribution >= 0.6 is 0 Å². The van der Waals surface area contributed by atoms with E-state index < -0.39 is 28.4 Å². The van der Waals surface area contributed by atoms with Gasteiger partial charge in [-0.05, 0) is 38.7 Å². The average Bonchev–Trinajstić information content (AvgIpc) is 3.04. The molecule has 136 valence electrons. The summed E-state index contributed by atoms with van der Waals surface area (Å²) in [5.74, 6) is -2.51. The lowest BCUT2D eigenvalue weighted by molar-refractivity contribution is -0.155. The highest BCUT2D eigenvalue weighted by atomic mass is 19.1. The van der Waals surface area contributed by atoms with E-state index in [9.17, 15) is 23.5 Å². The number of aliphatic carboxylic acids is 1. The Hall–Kier alpha value is -1.98. The zero-order chi connectivity index (χ0) is 18.2. The Morgan fingerprint density at radius 3 is 2.40 bits per heavy atom. The minimum atomic E-state index is -1.01. The van der Waals surface area contributed by atoms with Crippen molar-refractivity contribution < 1.29 is 23.5 Å². The Balaban J connectivity index is 1.95. The largest absolute Gasteiger partial charge is 0.481 e. The Morgan fingerprint density at radius 2 is 1.80 bits per heavy atom. The molecule has 1 N–H and O–H groups in total. The number of carboxylic acid groups (broad SMARTS) is 1. The Bertz CT molecular complexity index is 700. The molecule has 0 radical (unpaired) electrons. The maximum absolute atomic E-state index is 14.5. The average molecular weight is 351 g/mol. The summed E-state index contributed by atoms with van der Waals surface area (Å²) in [5.41, 5.74) is -1.75. The number of hydrogen-bond acceptors (Lipinski definition) is 2. The number of carboxylic acids is 1. The van der Waals surface area contributed by atoms with Gasteiger partial charge in [0, 0.05) is 24.7 Å². The van der Waals surface area contributed by atoms with E-state index in [1.54, 1.807) is 11.8 Å². The first-order valence-electron chi connectivity index (χ1n) is 8.77. The molecule has 1 unspecified atom stereocenters. The van der Waals surface area contributed by atoms with E-state index in [0.717, 1.165) is 18.9 Å². The third-order valence-electron chi connectivity index (χ3n) is 5.81. The molecule has 1 aromatic rings. The molecule has 2 aliphatic rings. The first-order valence-corrected chi connectivity index (χ1v) is 8.77. The lowest BCUT2D eigenvalue weighted by Gasteiger charge is -2.42. The van der Waals surface area contributed by atoms with Crippen LogP contribution in [0.5, 0.6) is 0 Å². The van der Waals surface area contributed by atoms with Gasteiger partial charge in [0.15, 0.2) is 0 Å². The van der Waals surface area contributed by atoms with Gasteiger partial charge in [-0.25, -0.2) is 8.78 Å². The number of halogens is 2. The number of piperidine rings is 1. The fraction of sp³-hybridized carbons (Fsp3) is 0.579. The number of amides is 1. The van der Waals surface area contributed by atoms with Crippen molar-refractivity contribution in [3.05, 3.63) is 35.4 Å². The van der Waals surface area contributed by atoms with Gasteiger partial charge in [-0.3, -0.25) is 9.59 Å². The number of rotatable bonds is 3. The molecule has 0 aromatic heterocycles. The van der Waals surface area contributed by atoms with Gasteiger partial charge < -0.3 is 10.0 Å². The summed E-state index contributed by atoms with van der Waals surface area (Å²) < 4.78 is 27.8. The Labute approximate surface area is 145 Å². The quantitative estimate of drug-likeness (QED) is 0.907.